The first-order chi connectivity index (χ1) is 15.7. The molecule has 1 saturated heterocycles. The lowest BCUT2D eigenvalue weighted by Gasteiger charge is -2.61. The molecule has 6 unspecified atom stereocenters. The van der Waals surface area contributed by atoms with E-state index in [4.69, 9.17) is 4.52 Å². The highest BCUT2D eigenvalue weighted by Crippen LogP contribution is 2.55. The van der Waals surface area contributed by atoms with Gasteiger partial charge in [-0.3, -0.25) is 0 Å². The third-order valence-corrected chi connectivity index (χ3v) is 7.42. The van der Waals surface area contributed by atoms with E-state index in [2.05, 4.69) is 32.3 Å². The maximum atomic E-state index is 13.7. The molecule has 11 heteroatoms. The maximum absolute atomic E-state index is 13.7. The molecule has 2 aliphatic carbocycles. The average molecular weight is 464 g/mol. The minimum atomic E-state index is -4.34. The van der Waals surface area contributed by atoms with Crippen LogP contribution in [0.5, 0.6) is 0 Å². The molecular formula is C22H27F3N6O2. The van der Waals surface area contributed by atoms with Crippen LogP contribution >= 0.6 is 0 Å². The Kier molecular flexibility index (Phi) is 5.32. The van der Waals surface area contributed by atoms with Crippen LogP contribution in [-0.2, 0) is 5.54 Å². The minimum Gasteiger partial charge on any atom is -0.337 e. The van der Waals surface area contributed by atoms with Crippen molar-refractivity contribution in [1.82, 2.24) is 30.3 Å². The van der Waals surface area contributed by atoms with Gasteiger partial charge in [0, 0.05) is 36.8 Å². The van der Waals surface area contributed by atoms with Crippen LogP contribution in [0.2, 0.25) is 0 Å². The van der Waals surface area contributed by atoms with Gasteiger partial charge in [0.15, 0.2) is 5.82 Å². The van der Waals surface area contributed by atoms with Crippen molar-refractivity contribution < 1.29 is 22.5 Å². The fourth-order valence-electron chi connectivity index (χ4n) is 6.16. The monoisotopic (exact) mass is 464 g/mol. The van der Waals surface area contributed by atoms with E-state index in [1.54, 1.807) is 17.9 Å². The van der Waals surface area contributed by atoms with E-state index in [0.717, 1.165) is 19.3 Å². The Morgan fingerprint density at radius 1 is 1.21 bits per heavy atom. The second-order valence-electron chi connectivity index (χ2n) is 9.77. The molecule has 2 bridgehead atoms. The molecule has 3 aliphatic rings. The number of fused-ring (bicyclic) bond motifs is 2. The van der Waals surface area contributed by atoms with E-state index < -0.39 is 29.6 Å². The summed E-state index contributed by atoms with van der Waals surface area (Å²) >= 11 is 0. The lowest BCUT2D eigenvalue weighted by Crippen LogP contribution is -2.71. The second-order valence-corrected chi connectivity index (χ2v) is 9.77. The zero-order valence-electron chi connectivity index (χ0n) is 18.5. The van der Waals surface area contributed by atoms with Crippen molar-refractivity contribution in [2.75, 3.05) is 0 Å². The number of nitrogens with one attached hydrogen (secondary N) is 1. The largest absolute Gasteiger partial charge is 0.392 e. The Morgan fingerprint density at radius 2 is 1.97 bits per heavy atom. The highest BCUT2D eigenvalue weighted by molar-refractivity contribution is 5.77. The summed E-state index contributed by atoms with van der Waals surface area (Å²) in [6, 6.07) is 0.958. The van der Waals surface area contributed by atoms with Crippen LogP contribution in [0.15, 0.2) is 23.0 Å². The zero-order chi connectivity index (χ0) is 23.4. The predicted octanol–water partition coefficient (Wildman–Crippen LogP) is 4.09. The molecule has 0 spiro atoms. The summed E-state index contributed by atoms with van der Waals surface area (Å²) in [6.07, 6.45) is 1.24. The van der Waals surface area contributed by atoms with Gasteiger partial charge < -0.3 is 14.7 Å². The molecule has 1 aliphatic heterocycles. The van der Waals surface area contributed by atoms with E-state index in [-0.39, 0.29) is 37.2 Å². The summed E-state index contributed by atoms with van der Waals surface area (Å²) in [5.41, 5.74) is -0.640. The molecule has 0 aromatic carbocycles. The van der Waals surface area contributed by atoms with Crippen LogP contribution in [0.1, 0.15) is 68.9 Å². The summed E-state index contributed by atoms with van der Waals surface area (Å²) in [7, 11) is 0. The third-order valence-electron chi connectivity index (χ3n) is 7.42. The number of aromatic nitrogens is 4. The van der Waals surface area contributed by atoms with Crippen LogP contribution in [0.3, 0.4) is 0 Å². The number of alkyl halides is 3. The first-order valence-electron chi connectivity index (χ1n) is 11.4. The summed E-state index contributed by atoms with van der Waals surface area (Å²) in [5, 5.41) is 6.92. The molecule has 3 heterocycles. The predicted molar refractivity (Wildman–Crippen MR) is 110 cm³/mol. The Morgan fingerprint density at radius 3 is 2.64 bits per heavy atom. The fourth-order valence-corrected chi connectivity index (χ4v) is 6.16. The maximum Gasteiger partial charge on any atom is 0.392 e. The Hall–Kier alpha value is -2.72. The van der Waals surface area contributed by atoms with E-state index in [9.17, 15) is 18.0 Å². The van der Waals surface area contributed by atoms with Gasteiger partial charge in [0.25, 0.3) is 5.89 Å². The van der Waals surface area contributed by atoms with Gasteiger partial charge in [-0.2, -0.15) is 18.2 Å². The highest BCUT2D eigenvalue weighted by atomic mass is 19.4. The Balaban J connectivity index is 1.34. The molecule has 178 valence electrons. The van der Waals surface area contributed by atoms with Gasteiger partial charge in [0.05, 0.1) is 5.92 Å². The number of hydrogen-bond donors (Lipinski definition) is 1. The molecule has 2 aromatic rings. The van der Waals surface area contributed by atoms with Crippen molar-refractivity contribution in [3.05, 3.63) is 36.0 Å². The minimum absolute atomic E-state index is 0.0562. The molecule has 0 radical (unpaired) electrons. The number of carbonyl (C=O) groups is 1. The second kappa shape index (κ2) is 7.95. The van der Waals surface area contributed by atoms with Gasteiger partial charge in [-0.25, -0.2) is 14.8 Å². The molecule has 2 saturated carbocycles. The number of carbonyl (C=O) groups excluding carboxylic acids is 1. The molecule has 3 fully saturated rings. The van der Waals surface area contributed by atoms with E-state index in [0.29, 0.717) is 17.6 Å². The Bertz CT molecular complexity index is 1020. The number of nitrogens with zero attached hydrogens (tertiary/aromatic N) is 5. The molecule has 6 atom stereocenters. The SMILES string of the molecule is Cc1noc(C23CC(C)CC(C2)N3C(=O)NC2CCC(C(F)(F)F)C(c3ncccn3)C2)n1. The topological polar surface area (TPSA) is 97.0 Å². The average Bonchev–Trinajstić information content (AvgIpc) is 3.19. The molecule has 2 aromatic heterocycles. The van der Waals surface area contributed by atoms with Crippen LogP contribution in [-0.4, -0.2) is 49.3 Å². The van der Waals surface area contributed by atoms with Crippen molar-refractivity contribution in [2.45, 2.75) is 82.1 Å². The third kappa shape index (κ3) is 3.85. The molecule has 2 amide bonds. The number of piperidine rings is 1. The molecule has 1 N–H and O–H groups in total. The molecule has 33 heavy (non-hydrogen) atoms. The highest BCUT2D eigenvalue weighted by Gasteiger charge is 2.62. The van der Waals surface area contributed by atoms with E-state index in [1.807, 2.05) is 0 Å². The summed E-state index contributed by atoms with van der Waals surface area (Å²) < 4.78 is 46.6. The van der Waals surface area contributed by atoms with Crippen LogP contribution in [0, 0.1) is 18.8 Å². The Labute approximate surface area is 189 Å². The number of aryl methyl sites for hydroxylation is 1. The number of likely N-dealkylation sites (tertiary alicyclic amines) is 1. The van der Waals surface area contributed by atoms with Crippen molar-refractivity contribution in [2.24, 2.45) is 11.8 Å². The van der Waals surface area contributed by atoms with Crippen LogP contribution in [0.4, 0.5) is 18.0 Å². The van der Waals surface area contributed by atoms with Crippen LogP contribution < -0.4 is 5.32 Å². The smallest absolute Gasteiger partial charge is 0.337 e. The van der Waals surface area contributed by atoms with E-state index >= 15 is 0 Å². The van der Waals surface area contributed by atoms with Crippen molar-refractivity contribution in [3.8, 4) is 0 Å². The lowest BCUT2D eigenvalue weighted by atomic mass is 9.64. The number of rotatable bonds is 3. The summed E-state index contributed by atoms with van der Waals surface area (Å²) in [6.45, 7) is 3.88. The van der Waals surface area contributed by atoms with Gasteiger partial charge in [0.2, 0.25) is 0 Å². The quantitative estimate of drug-likeness (QED) is 0.735. The standard InChI is InChI=1S/C22H27F3N6O2/c1-12-8-15-11-21(10-12,19-28-13(2)30-33-19)31(15)20(32)29-14-4-5-17(22(23,24)25)16(9-14)18-26-6-3-7-27-18/h3,6-7,12,14-17H,4-5,8-11H2,1-2H3,(H,29,32). The van der Waals surface area contributed by atoms with Crippen molar-refractivity contribution >= 4 is 6.03 Å². The number of amides is 2. The van der Waals surface area contributed by atoms with Gasteiger partial charge in [-0.05, 0) is 51.0 Å². The van der Waals surface area contributed by atoms with Crippen LogP contribution in [0.25, 0.3) is 0 Å². The zero-order valence-corrected chi connectivity index (χ0v) is 18.5. The first-order valence-corrected chi connectivity index (χ1v) is 11.4. The van der Waals surface area contributed by atoms with Crippen molar-refractivity contribution in [1.29, 1.82) is 0 Å². The van der Waals surface area contributed by atoms with Gasteiger partial charge in [-0.1, -0.05) is 12.1 Å². The summed E-state index contributed by atoms with van der Waals surface area (Å²) in [4.78, 5) is 27.8. The van der Waals surface area contributed by atoms with Gasteiger partial charge in [-0.15, -0.1) is 0 Å². The first kappa shape index (κ1) is 22.1. The van der Waals surface area contributed by atoms with Gasteiger partial charge >= 0.3 is 12.2 Å². The molecule has 5 rings (SSSR count). The molecular weight excluding hydrogens is 437 g/mol. The molecule has 8 nitrogen and oxygen atoms in total. The lowest BCUT2D eigenvalue weighted by molar-refractivity contribution is -0.189. The van der Waals surface area contributed by atoms with Gasteiger partial charge in [0.1, 0.15) is 11.4 Å². The number of hydrogen-bond acceptors (Lipinski definition) is 6. The van der Waals surface area contributed by atoms with Crippen molar-refractivity contribution in [3.63, 3.8) is 0 Å². The fraction of sp³-hybridized carbons (Fsp3) is 0.682. The number of halogens is 3. The number of urea groups is 1. The van der Waals surface area contributed by atoms with E-state index in [1.165, 1.54) is 12.4 Å². The summed E-state index contributed by atoms with van der Waals surface area (Å²) in [5.74, 6) is -0.890. The normalized spacial score (nSPS) is 34.0.